The van der Waals surface area contributed by atoms with E-state index in [-0.39, 0.29) is 0 Å². The van der Waals surface area contributed by atoms with Crippen LogP contribution in [0.5, 0.6) is 5.75 Å². The second-order valence-corrected chi connectivity index (χ2v) is 13.5. The summed E-state index contributed by atoms with van der Waals surface area (Å²) in [6, 6.07) is 15.8. The first-order chi connectivity index (χ1) is 21.2. The first kappa shape index (κ1) is 29.5. The number of morpholine rings is 1. The Balaban J connectivity index is 1.24. The molecule has 44 heavy (non-hydrogen) atoms. The zero-order valence-electron chi connectivity index (χ0n) is 26.6. The lowest BCUT2D eigenvalue weighted by atomic mass is 9.78. The van der Waals surface area contributed by atoms with Gasteiger partial charge in [0.05, 0.1) is 42.4 Å². The molecule has 9 nitrogen and oxygen atoms in total. The maximum Gasteiger partial charge on any atom is 0.494 e. The average molecular weight is 598 g/mol. The van der Waals surface area contributed by atoms with Crippen LogP contribution < -0.4 is 15.5 Å². The molecule has 0 amide bonds. The van der Waals surface area contributed by atoms with Crippen molar-refractivity contribution in [1.82, 2.24) is 19.4 Å². The summed E-state index contributed by atoms with van der Waals surface area (Å²) in [7, 11) is 1.25. The maximum atomic E-state index is 6.45. The molecule has 232 valence electrons. The number of anilines is 1. The second-order valence-electron chi connectivity index (χ2n) is 13.5. The first-order valence-electron chi connectivity index (χ1n) is 16.1. The van der Waals surface area contributed by atoms with Gasteiger partial charge >= 0.3 is 7.12 Å². The first-order valence-corrected chi connectivity index (χ1v) is 16.1. The van der Waals surface area contributed by atoms with Crippen LogP contribution in [0.15, 0.2) is 48.8 Å². The van der Waals surface area contributed by atoms with Gasteiger partial charge in [-0.3, -0.25) is 4.90 Å². The number of nitrogens with one attached hydrogen (secondary N) is 1. The van der Waals surface area contributed by atoms with Crippen molar-refractivity contribution < 1.29 is 18.8 Å². The number of rotatable bonds is 7. The van der Waals surface area contributed by atoms with Crippen molar-refractivity contribution in [2.24, 2.45) is 0 Å². The van der Waals surface area contributed by atoms with Crippen molar-refractivity contribution in [3.8, 4) is 5.75 Å². The van der Waals surface area contributed by atoms with Crippen LogP contribution >= 0.6 is 0 Å². The molecule has 2 saturated heterocycles. The van der Waals surface area contributed by atoms with Crippen LogP contribution in [0.4, 0.5) is 5.82 Å². The van der Waals surface area contributed by atoms with Gasteiger partial charge in [0, 0.05) is 37.1 Å². The van der Waals surface area contributed by atoms with Crippen molar-refractivity contribution in [2.45, 2.75) is 83.2 Å². The van der Waals surface area contributed by atoms with Crippen molar-refractivity contribution in [3.05, 3.63) is 54.4 Å². The van der Waals surface area contributed by atoms with Crippen LogP contribution in [-0.4, -0.2) is 83.3 Å². The van der Waals surface area contributed by atoms with Gasteiger partial charge < -0.3 is 28.7 Å². The molecule has 0 radical (unpaired) electrons. The Morgan fingerprint density at radius 2 is 1.64 bits per heavy atom. The highest BCUT2D eigenvalue weighted by Crippen LogP contribution is 2.38. The van der Waals surface area contributed by atoms with Crippen molar-refractivity contribution in [3.63, 3.8) is 0 Å². The van der Waals surface area contributed by atoms with Gasteiger partial charge in [-0.25, -0.2) is 9.97 Å². The fourth-order valence-corrected chi connectivity index (χ4v) is 6.96. The minimum Gasteiger partial charge on any atom is -0.497 e. The van der Waals surface area contributed by atoms with Crippen molar-refractivity contribution in [2.75, 3.05) is 38.7 Å². The van der Waals surface area contributed by atoms with Gasteiger partial charge in [0.15, 0.2) is 0 Å². The number of benzene rings is 2. The molecule has 0 atom stereocenters. The third-order valence-corrected chi connectivity index (χ3v) is 10.3. The predicted octanol–water partition coefficient (Wildman–Crippen LogP) is 5.00. The van der Waals surface area contributed by atoms with E-state index in [0.717, 1.165) is 78.1 Å². The van der Waals surface area contributed by atoms with Crippen molar-refractivity contribution in [1.29, 1.82) is 0 Å². The van der Waals surface area contributed by atoms with Crippen LogP contribution in [0, 0.1) is 0 Å². The van der Waals surface area contributed by atoms with Gasteiger partial charge in [0.25, 0.3) is 0 Å². The third-order valence-electron chi connectivity index (χ3n) is 10.3. The summed E-state index contributed by atoms with van der Waals surface area (Å²) in [6.07, 6.45) is 6.32. The third kappa shape index (κ3) is 5.46. The Bertz CT molecular complexity index is 1610. The fraction of sp³-hybridized carbons (Fsp3) is 0.529. The largest absolute Gasteiger partial charge is 0.497 e. The summed E-state index contributed by atoms with van der Waals surface area (Å²) in [5.74, 6) is 1.74. The summed E-state index contributed by atoms with van der Waals surface area (Å²) in [6.45, 7) is 12.9. The SMILES string of the molecule is COc1ccc(Cn2c3ccc(B4OC(C)(C)C(C)(C)O4)cc3c3c(N[C@H]4CC[C@H](N5CCOCC5)CC4)ncnc32)cc1. The van der Waals surface area contributed by atoms with Gasteiger partial charge in [-0.15, -0.1) is 0 Å². The van der Waals surface area contributed by atoms with Crippen LogP contribution in [0.3, 0.4) is 0 Å². The topological polar surface area (TPSA) is 82.9 Å². The highest BCUT2D eigenvalue weighted by atomic mass is 16.7. The van der Waals surface area contributed by atoms with Gasteiger partial charge in [0.1, 0.15) is 23.5 Å². The molecule has 2 aliphatic heterocycles. The molecule has 2 aromatic heterocycles. The molecule has 2 aromatic carbocycles. The maximum absolute atomic E-state index is 6.45. The van der Waals surface area contributed by atoms with Crippen LogP contribution in [0.2, 0.25) is 0 Å². The Morgan fingerprint density at radius 3 is 2.32 bits per heavy atom. The van der Waals surface area contributed by atoms with Crippen LogP contribution in [0.25, 0.3) is 21.9 Å². The quantitative estimate of drug-likeness (QED) is 0.299. The van der Waals surface area contributed by atoms with Gasteiger partial charge in [-0.2, -0.15) is 0 Å². The van der Waals surface area contributed by atoms with E-state index < -0.39 is 18.3 Å². The summed E-state index contributed by atoms with van der Waals surface area (Å²) >= 11 is 0. The lowest BCUT2D eigenvalue weighted by Crippen LogP contribution is -2.46. The number of ether oxygens (including phenoxy) is 2. The Hall–Kier alpha value is -3.18. The number of methoxy groups -OCH3 is 1. The molecule has 7 rings (SSSR count). The molecular formula is C34H44BN5O4. The van der Waals surface area contributed by atoms with Crippen molar-refractivity contribution >= 4 is 40.3 Å². The second kappa shape index (κ2) is 11.6. The summed E-state index contributed by atoms with van der Waals surface area (Å²) in [5.41, 5.74) is 3.38. The zero-order valence-corrected chi connectivity index (χ0v) is 26.6. The molecule has 0 bridgehead atoms. The van der Waals surface area contributed by atoms with E-state index in [1.165, 1.54) is 18.4 Å². The van der Waals surface area contributed by atoms with Crippen LogP contribution in [-0.2, 0) is 20.6 Å². The standard InChI is InChI=1S/C34H44BN5O4/c1-33(2)34(3,4)44-35(43-33)24-8-15-29-28(20-24)30-31(38-25-9-11-26(12-10-25)39-16-18-42-19-17-39)36-22-37-32(30)40(29)21-23-6-13-27(41-5)14-7-23/h6-8,13-15,20,22,25-26H,9-12,16-19,21H2,1-5H3,(H,36,37,38)/t25-,26-. The Labute approximate surface area is 260 Å². The van der Waals surface area contributed by atoms with Gasteiger partial charge in [0.2, 0.25) is 0 Å². The molecule has 4 aromatic rings. The molecule has 0 spiro atoms. The molecule has 4 heterocycles. The molecular weight excluding hydrogens is 553 g/mol. The van der Waals surface area contributed by atoms with Gasteiger partial charge in [-0.05, 0) is 82.6 Å². The normalized spacial score (nSPS) is 23.8. The van der Waals surface area contributed by atoms with E-state index in [0.29, 0.717) is 18.6 Å². The molecule has 1 saturated carbocycles. The lowest BCUT2D eigenvalue weighted by molar-refractivity contribution is 0.00578. The highest BCUT2D eigenvalue weighted by molar-refractivity contribution is 6.62. The van der Waals surface area contributed by atoms with E-state index in [1.807, 2.05) is 12.1 Å². The lowest BCUT2D eigenvalue weighted by Gasteiger charge is -2.39. The van der Waals surface area contributed by atoms with E-state index in [1.54, 1.807) is 13.4 Å². The summed E-state index contributed by atoms with van der Waals surface area (Å²) in [4.78, 5) is 12.3. The van der Waals surface area contributed by atoms with E-state index in [9.17, 15) is 0 Å². The van der Waals surface area contributed by atoms with E-state index in [4.69, 9.17) is 28.8 Å². The minimum absolute atomic E-state index is 0.372. The minimum atomic E-state index is -0.444. The predicted molar refractivity (Wildman–Crippen MR) is 175 cm³/mol. The smallest absolute Gasteiger partial charge is 0.494 e. The molecule has 1 aliphatic carbocycles. The van der Waals surface area contributed by atoms with Crippen LogP contribution in [0.1, 0.15) is 58.9 Å². The average Bonchev–Trinajstić information content (AvgIpc) is 3.47. The number of hydrogen-bond acceptors (Lipinski definition) is 8. The number of aromatic nitrogens is 3. The highest BCUT2D eigenvalue weighted by Gasteiger charge is 2.51. The molecule has 0 unspecified atom stereocenters. The number of fused-ring (bicyclic) bond motifs is 3. The molecule has 3 aliphatic rings. The number of hydrogen-bond donors (Lipinski definition) is 1. The zero-order chi connectivity index (χ0) is 30.5. The summed E-state index contributed by atoms with van der Waals surface area (Å²) < 4.78 is 26.2. The summed E-state index contributed by atoms with van der Waals surface area (Å²) in [5, 5.41) is 6.01. The van der Waals surface area contributed by atoms with E-state index in [2.05, 4.69) is 72.8 Å². The molecule has 3 fully saturated rings. The van der Waals surface area contributed by atoms with E-state index >= 15 is 0 Å². The Morgan fingerprint density at radius 1 is 0.932 bits per heavy atom. The fourth-order valence-electron chi connectivity index (χ4n) is 6.96. The Kier molecular flexibility index (Phi) is 7.81. The number of nitrogens with zero attached hydrogens (tertiary/aromatic N) is 4. The molecule has 10 heteroatoms. The molecule has 1 N–H and O–H groups in total. The monoisotopic (exact) mass is 597 g/mol. The van der Waals surface area contributed by atoms with Gasteiger partial charge in [-0.1, -0.05) is 24.3 Å².